The maximum absolute atomic E-state index is 13.1. The highest BCUT2D eigenvalue weighted by molar-refractivity contribution is 7.15. The highest BCUT2D eigenvalue weighted by atomic mass is 32.1. The largest absolute Gasteiger partial charge is 0.493 e. The zero-order chi connectivity index (χ0) is 21.6. The molecule has 2 aromatic carbocycles. The molecule has 0 aliphatic carbocycles. The first kappa shape index (κ1) is 19.9. The third-order valence-electron chi connectivity index (χ3n) is 4.82. The molecule has 2 aromatic heterocycles. The summed E-state index contributed by atoms with van der Waals surface area (Å²) in [6, 6.07) is 9.12. The smallest absolute Gasteiger partial charge is 0.344 e. The summed E-state index contributed by atoms with van der Waals surface area (Å²) in [5.41, 5.74) is 4.39. The molecule has 7 nitrogen and oxygen atoms in total. The first-order valence-electron chi connectivity index (χ1n) is 9.30. The minimum atomic E-state index is -1.07. The molecular formula is C22H20N2O5S. The Balaban J connectivity index is 1.80. The number of nitrogens with zero attached hydrogens (tertiary/aromatic N) is 2. The van der Waals surface area contributed by atoms with Crippen LogP contribution in [0.15, 0.2) is 35.1 Å². The summed E-state index contributed by atoms with van der Waals surface area (Å²) in [6.07, 6.45) is 0.760. The molecule has 0 bridgehead atoms. The number of aliphatic carboxylic acids is 1. The number of rotatable bonds is 5. The van der Waals surface area contributed by atoms with Crippen molar-refractivity contribution in [3.8, 4) is 11.5 Å². The van der Waals surface area contributed by atoms with Crippen LogP contribution in [0.2, 0.25) is 0 Å². The Bertz CT molecular complexity index is 1400. The van der Waals surface area contributed by atoms with E-state index in [-0.39, 0.29) is 5.56 Å². The molecule has 0 saturated heterocycles. The fourth-order valence-electron chi connectivity index (χ4n) is 3.37. The van der Waals surface area contributed by atoms with Crippen molar-refractivity contribution in [1.29, 1.82) is 0 Å². The summed E-state index contributed by atoms with van der Waals surface area (Å²) in [6.45, 7) is 5.43. The van der Waals surface area contributed by atoms with E-state index in [2.05, 4.69) is 11.1 Å². The zero-order valence-electron chi connectivity index (χ0n) is 16.9. The monoisotopic (exact) mass is 424 g/mol. The number of carboxylic acid groups (broad SMARTS) is 1. The number of carboxylic acids is 1. The lowest BCUT2D eigenvalue weighted by molar-refractivity contribution is -0.144. The molecule has 0 unspecified atom stereocenters. The number of carbonyl (C=O) groups is 1. The van der Waals surface area contributed by atoms with E-state index in [1.807, 2.05) is 19.9 Å². The number of hydrogen-bond acceptors (Lipinski definition) is 6. The summed E-state index contributed by atoms with van der Waals surface area (Å²) in [5, 5.41) is 9.03. The highest BCUT2D eigenvalue weighted by Gasteiger charge is 2.16. The van der Waals surface area contributed by atoms with Crippen molar-refractivity contribution in [1.82, 2.24) is 9.38 Å². The third-order valence-corrected chi connectivity index (χ3v) is 5.79. The van der Waals surface area contributed by atoms with Crippen molar-refractivity contribution in [2.45, 2.75) is 26.9 Å². The van der Waals surface area contributed by atoms with E-state index >= 15 is 0 Å². The fourth-order valence-corrected chi connectivity index (χ4v) is 4.35. The standard InChI is InChI=1S/C22H20N2O5S/c1-11-7-12(2)19-15(8-11)24-20(25)18(30-22(24)23-19)10-14-5-6-16(17(9-14)28-4)29-13(3)21(26)27/h5-10,13H,1-4H3,(H,26,27)/b18-10+/t13-/m1/s1. The number of fused-ring (bicyclic) bond motifs is 3. The molecule has 154 valence electrons. The molecular weight excluding hydrogens is 404 g/mol. The predicted molar refractivity (Wildman–Crippen MR) is 116 cm³/mol. The molecule has 0 spiro atoms. The number of imidazole rings is 1. The van der Waals surface area contributed by atoms with Crippen LogP contribution in [0, 0.1) is 13.8 Å². The lowest BCUT2D eigenvalue weighted by atomic mass is 10.1. The van der Waals surface area contributed by atoms with E-state index in [1.54, 1.807) is 28.7 Å². The minimum Gasteiger partial charge on any atom is -0.493 e. The van der Waals surface area contributed by atoms with Gasteiger partial charge in [0, 0.05) is 0 Å². The molecule has 0 amide bonds. The molecule has 8 heteroatoms. The van der Waals surface area contributed by atoms with Crippen LogP contribution in [0.5, 0.6) is 11.5 Å². The van der Waals surface area contributed by atoms with Crippen molar-refractivity contribution in [2.24, 2.45) is 0 Å². The lowest BCUT2D eigenvalue weighted by Gasteiger charge is -2.14. The molecule has 0 fully saturated rings. The maximum Gasteiger partial charge on any atom is 0.344 e. The van der Waals surface area contributed by atoms with Crippen LogP contribution in [0.3, 0.4) is 0 Å². The number of aromatic nitrogens is 2. The van der Waals surface area contributed by atoms with Gasteiger partial charge in [0.15, 0.2) is 22.6 Å². The molecule has 1 N–H and O–H groups in total. The van der Waals surface area contributed by atoms with Crippen molar-refractivity contribution in [3.63, 3.8) is 0 Å². The number of thiazole rings is 1. The summed E-state index contributed by atoms with van der Waals surface area (Å²) in [4.78, 5) is 29.4. The Morgan fingerprint density at radius 2 is 2.00 bits per heavy atom. The number of ether oxygens (including phenoxy) is 2. The van der Waals surface area contributed by atoms with Gasteiger partial charge in [-0.1, -0.05) is 23.5 Å². The van der Waals surface area contributed by atoms with Gasteiger partial charge in [-0.25, -0.2) is 14.2 Å². The lowest BCUT2D eigenvalue weighted by Crippen LogP contribution is -2.23. The molecule has 1 atom stereocenters. The normalized spacial score (nSPS) is 13.1. The van der Waals surface area contributed by atoms with Crippen LogP contribution >= 0.6 is 11.3 Å². The van der Waals surface area contributed by atoms with Gasteiger partial charge in [0.05, 0.1) is 22.7 Å². The van der Waals surface area contributed by atoms with E-state index in [1.165, 1.54) is 25.4 Å². The van der Waals surface area contributed by atoms with Gasteiger partial charge in [-0.2, -0.15) is 0 Å². The summed E-state index contributed by atoms with van der Waals surface area (Å²) in [5.74, 6) is -0.351. The Labute approximate surface area is 175 Å². The average Bonchev–Trinajstić information content (AvgIpc) is 3.20. The van der Waals surface area contributed by atoms with Gasteiger partial charge in [0.25, 0.3) is 5.56 Å². The van der Waals surface area contributed by atoms with E-state index < -0.39 is 12.1 Å². The van der Waals surface area contributed by atoms with E-state index in [9.17, 15) is 9.59 Å². The number of hydrogen-bond donors (Lipinski definition) is 1. The summed E-state index contributed by atoms with van der Waals surface area (Å²) < 4.78 is 13.0. The van der Waals surface area contributed by atoms with Gasteiger partial charge >= 0.3 is 5.97 Å². The van der Waals surface area contributed by atoms with Crippen molar-refractivity contribution in [3.05, 3.63) is 61.9 Å². The molecule has 0 aliphatic heterocycles. The summed E-state index contributed by atoms with van der Waals surface area (Å²) >= 11 is 1.33. The molecule has 30 heavy (non-hydrogen) atoms. The topological polar surface area (TPSA) is 90.1 Å². The first-order valence-corrected chi connectivity index (χ1v) is 10.1. The second-order valence-electron chi connectivity index (χ2n) is 7.10. The van der Waals surface area contributed by atoms with Crippen molar-refractivity contribution in [2.75, 3.05) is 7.11 Å². The molecule has 0 aliphatic rings. The van der Waals surface area contributed by atoms with Crippen LogP contribution in [-0.4, -0.2) is 33.7 Å². The third kappa shape index (κ3) is 3.39. The highest BCUT2D eigenvalue weighted by Crippen LogP contribution is 2.29. The SMILES string of the molecule is COc1cc(/C=c2/sc3nc4c(C)cc(C)cc4n3c2=O)ccc1O[C@H](C)C(=O)O. The van der Waals surface area contributed by atoms with Crippen molar-refractivity contribution < 1.29 is 19.4 Å². The number of methoxy groups -OCH3 is 1. The maximum atomic E-state index is 13.1. The second-order valence-corrected chi connectivity index (χ2v) is 8.11. The van der Waals surface area contributed by atoms with Gasteiger partial charge in [-0.05, 0) is 61.7 Å². The number of aryl methyl sites for hydroxylation is 2. The minimum absolute atomic E-state index is 0.124. The van der Waals surface area contributed by atoms with Gasteiger partial charge in [-0.15, -0.1) is 0 Å². The fraction of sp³-hybridized carbons (Fsp3) is 0.227. The first-order chi connectivity index (χ1) is 14.3. The van der Waals surface area contributed by atoms with Crippen LogP contribution in [0.4, 0.5) is 0 Å². The van der Waals surface area contributed by atoms with Crippen LogP contribution in [0.25, 0.3) is 22.1 Å². The van der Waals surface area contributed by atoms with Gasteiger partial charge in [0.2, 0.25) is 0 Å². The van der Waals surface area contributed by atoms with E-state index in [0.29, 0.717) is 21.0 Å². The Kier molecular flexibility index (Phi) is 4.95. The molecule has 4 aromatic rings. The quantitative estimate of drug-likeness (QED) is 0.530. The summed E-state index contributed by atoms with van der Waals surface area (Å²) in [7, 11) is 1.48. The van der Waals surface area contributed by atoms with E-state index in [4.69, 9.17) is 14.6 Å². The molecule has 4 rings (SSSR count). The predicted octanol–water partition coefficient (Wildman–Crippen LogP) is 2.93. The number of benzene rings is 2. The molecule has 0 radical (unpaired) electrons. The second kappa shape index (κ2) is 7.46. The Hall–Kier alpha value is -3.39. The Morgan fingerprint density at radius 3 is 2.70 bits per heavy atom. The van der Waals surface area contributed by atoms with Gasteiger partial charge in [-0.3, -0.25) is 4.79 Å². The Morgan fingerprint density at radius 1 is 1.23 bits per heavy atom. The van der Waals surface area contributed by atoms with E-state index in [0.717, 1.165) is 27.7 Å². The van der Waals surface area contributed by atoms with Crippen LogP contribution < -0.4 is 19.6 Å². The van der Waals surface area contributed by atoms with Gasteiger partial charge < -0.3 is 14.6 Å². The molecule has 2 heterocycles. The molecule has 0 saturated carbocycles. The van der Waals surface area contributed by atoms with Crippen LogP contribution in [0.1, 0.15) is 23.6 Å². The van der Waals surface area contributed by atoms with Crippen molar-refractivity contribution >= 4 is 39.4 Å². The van der Waals surface area contributed by atoms with Crippen LogP contribution in [-0.2, 0) is 4.79 Å². The average molecular weight is 424 g/mol. The van der Waals surface area contributed by atoms with Gasteiger partial charge in [0.1, 0.15) is 0 Å². The zero-order valence-corrected chi connectivity index (χ0v) is 17.7.